The van der Waals surface area contributed by atoms with Crippen molar-refractivity contribution < 1.29 is 91.7 Å². The highest BCUT2D eigenvalue weighted by Crippen LogP contribution is 2.27. The summed E-state index contributed by atoms with van der Waals surface area (Å²) in [5.74, 6) is -16.3. The molecule has 0 aliphatic carbocycles. The molecular formula is C84H118N20O19S2. The van der Waals surface area contributed by atoms with Crippen molar-refractivity contribution in [3.63, 3.8) is 0 Å². The van der Waals surface area contributed by atoms with Gasteiger partial charge in [-0.1, -0.05) is 82.1 Å². The van der Waals surface area contributed by atoms with Gasteiger partial charge in [-0.25, -0.2) is 0 Å². The molecule has 3 aromatic carbocycles. The Hall–Kier alpha value is -11.9. The van der Waals surface area contributed by atoms with Crippen LogP contribution < -0.4 is 70.4 Å². The van der Waals surface area contributed by atoms with Gasteiger partial charge >= 0.3 is 0 Å². The number of nitrogens with zero attached hydrogens (tertiary/aromatic N) is 5. The quantitative estimate of drug-likeness (QED) is 0.0359. The van der Waals surface area contributed by atoms with Crippen LogP contribution in [0.25, 0.3) is 21.8 Å². The fourth-order valence-corrected chi connectivity index (χ4v) is 16.7. The summed E-state index contributed by atoms with van der Waals surface area (Å²) in [5.41, 5.74) is 20.1. The number of hydrogen-bond donors (Lipinski definition) is 17. The number of aliphatic hydroxyl groups is 1. The molecule has 3 saturated heterocycles. The maximum atomic E-state index is 15.6. The molecule has 41 heteroatoms. The van der Waals surface area contributed by atoms with Gasteiger partial charge in [-0.05, 0) is 118 Å². The van der Waals surface area contributed by atoms with Gasteiger partial charge < -0.3 is 115 Å². The van der Waals surface area contributed by atoms with E-state index < -0.39 is 223 Å². The van der Waals surface area contributed by atoms with Crippen LogP contribution in [0.15, 0.2) is 85.2 Å². The summed E-state index contributed by atoms with van der Waals surface area (Å²) in [6.07, 6.45) is 5.06. The molecular weight excluding hydrogens is 1660 g/mol. The number of hydrogen-bond acceptors (Lipinski definition) is 22. The molecule has 8 rings (SSSR count). The monoisotopic (exact) mass is 1770 g/mol. The number of thioether (sulfide) groups is 2. The number of nitrogens with two attached hydrogens (primary N) is 3. The van der Waals surface area contributed by atoms with E-state index in [9.17, 15) is 63.0 Å². The van der Waals surface area contributed by atoms with Crippen LogP contribution in [0.5, 0.6) is 5.75 Å². The summed E-state index contributed by atoms with van der Waals surface area (Å²) in [5, 5.41) is 48.7. The SMILES string of the molecule is CCCC[C@H]1C(=O)N[C@@H](C)C(=O)NC(C(=O)NCC(N)=O)CSCC(=O)N[C@@H](Cc2ccc(O)cc2)C(=O)N(C)[C@@H](C)C(=O)N[C@@H](CC(N)=O)C(=O)N2CCC[C@H]2C(=O)N[C@@H](CN)C(=O)N[C@@H](CC(C)C)C(=O)N2CCCC2C(=O)N[C@@H](Cc2c[nH]c3ccccc23)C(=O)N[C@@H](CO)C(=O)N[C@@H](Cc2c[nH]c3ccccc23)C(=O)N(C)[C@@H](CCSC)C(=O)N1C. The van der Waals surface area contributed by atoms with Crippen LogP contribution in [0.2, 0.25) is 0 Å². The zero-order valence-electron chi connectivity index (χ0n) is 71.7. The molecule has 3 aliphatic rings. The number of rotatable bonds is 21. The van der Waals surface area contributed by atoms with E-state index in [1.165, 1.54) is 75.9 Å². The number of aromatic nitrogens is 2. The van der Waals surface area contributed by atoms with E-state index in [1.54, 1.807) is 81.0 Å². The number of nitrogens with one attached hydrogen (secondary N) is 12. The third kappa shape index (κ3) is 26.8. The highest BCUT2D eigenvalue weighted by Gasteiger charge is 2.45. The predicted molar refractivity (Wildman–Crippen MR) is 465 cm³/mol. The third-order valence-corrected chi connectivity index (χ3v) is 24.1. The molecule has 0 radical (unpaired) electrons. The summed E-state index contributed by atoms with van der Waals surface area (Å²) >= 11 is 2.13. The van der Waals surface area contributed by atoms with Crippen molar-refractivity contribution in [2.75, 3.05) is 77.4 Å². The number of aromatic hydroxyl groups is 1. The number of benzene rings is 3. The number of phenols is 1. The van der Waals surface area contributed by atoms with E-state index in [2.05, 4.69) is 63.1 Å². The van der Waals surface area contributed by atoms with E-state index in [0.29, 0.717) is 51.3 Å². The van der Waals surface area contributed by atoms with Crippen LogP contribution >= 0.6 is 23.5 Å². The van der Waals surface area contributed by atoms with Gasteiger partial charge in [0.15, 0.2) is 0 Å². The minimum absolute atomic E-state index is 0.00126. The maximum absolute atomic E-state index is 15.6. The highest BCUT2D eigenvalue weighted by molar-refractivity contribution is 8.00. The number of para-hydroxylation sites is 2. The molecule has 14 atom stereocenters. The molecule has 39 nitrogen and oxygen atoms in total. The van der Waals surface area contributed by atoms with Crippen molar-refractivity contribution in [2.45, 2.75) is 203 Å². The molecule has 2 aromatic heterocycles. The lowest BCUT2D eigenvalue weighted by molar-refractivity contribution is -0.149. The predicted octanol–water partition coefficient (Wildman–Crippen LogP) is -2.59. The Balaban J connectivity index is 1.15. The molecule has 3 fully saturated rings. The zero-order chi connectivity index (χ0) is 91.6. The van der Waals surface area contributed by atoms with Crippen LogP contribution in [0.4, 0.5) is 0 Å². The Morgan fingerprint density at radius 2 is 1.06 bits per heavy atom. The summed E-state index contributed by atoms with van der Waals surface area (Å²) in [6, 6.07) is -0.920. The fourth-order valence-electron chi connectivity index (χ4n) is 15.4. The van der Waals surface area contributed by atoms with Gasteiger partial charge in [0.05, 0.1) is 25.3 Å². The number of fused-ring (bicyclic) bond motifs is 4. The van der Waals surface area contributed by atoms with Crippen molar-refractivity contribution in [2.24, 2.45) is 23.1 Å². The second-order valence-corrected chi connectivity index (χ2v) is 34.1. The summed E-state index contributed by atoms with van der Waals surface area (Å²) in [4.78, 5) is 258. The molecule has 5 aromatic rings. The molecule has 0 saturated carbocycles. The number of primary amides is 2. The van der Waals surface area contributed by atoms with Crippen LogP contribution in [-0.4, -0.2) is 307 Å². The number of likely N-dealkylation sites (N-methyl/N-ethyl adjacent to an activating group) is 3. The Kier molecular flexibility index (Phi) is 36.9. The van der Waals surface area contributed by atoms with Gasteiger partial charge in [-0.15, -0.1) is 11.8 Å². The highest BCUT2D eigenvalue weighted by atomic mass is 32.2. The van der Waals surface area contributed by atoms with Gasteiger partial charge in [-0.3, -0.25) is 81.5 Å². The van der Waals surface area contributed by atoms with E-state index >= 15 is 28.8 Å². The molecule has 5 heterocycles. The van der Waals surface area contributed by atoms with Gasteiger partial charge in [0.25, 0.3) is 0 Å². The molecule has 0 spiro atoms. The normalized spacial score (nSPS) is 25.3. The van der Waals surface area contributed by atoms with Gasteiger partial charge in [-0.2, -0.15) is 11.8 Å². The van der Waals surface area contributed by atoms with Crippen molar-refractivity contribution in [3.05, 3.63) is 102 Å². The Bertz CT molecular complexity index is 4720. The Morgan fingerprint density at radius 1 is 0.552 bits per heavy atom. The lowest BCUT2D eigenvalue weighted by Gasteiger charge is -2.36. The first-order chi connectivity index (χ1) is 59.5. The second kappa shape index (κ2) is 46.8. The molecule has 125 heavy (non-hydrogen) atoms. The molecule has 2 unspecified atom stereocenters. The zero-order valence-corrected chi connectivity index (χ0v) is 73.3. The van der Waals surface area contributed by atoms with E-state index in [4.69, 9.17) is 17.2 Å². The first-order valence-corrected chi connectivity index (χ1v) is 44.3. The lowest BCUT2D eigenvalue weighted by atomic mass is 10.0. The van der Waals surface area contributed by atoms with Crippen LogP contribution in [0, 0.1) is 5.92 Å². The van der Waals surface area contributed by atoms with E-state index in [1.807, 2.05) is 6.92 Å². The first kappa shape index (κ1) is 98.6. The largest absolute Gasteiger partial charge is 0.508 e. The van der Waals surface area contributed by atoms with Crippen molar-refractivity contribution in [1.82, 2.24) is 87.6 Å². The number of amides is 17. The summed E-state index contributed by atoms with van der Waals surface area (Å²) in [6.45, 7) is 5.62. The third-order valence-electron chi connectivity index (χ3n) is 22.4. The standard InChI is InChI=1S/C84H118N20O19S2/c1-10-11-22-64-77(116)91-46(4)71(110)99-63(73(112)90-41-69(87)108)43-125-44-70(109)92-58(34-48-25-27-51(106)28-26-48)80(119)100(6)47(5)72(111)94-60(37-68(86)107)83(122)104-31-17-24-66(104)79(118)97-61(38-85)75(114)95-57(33-45(2)3)82(121)103-30-16-23-65(103)78(117)93-56(35-49-39-88-54-20-14-12-18-52(49)54)74(113)98-62(42-105)76(115)96-59(36-50-40-89-55-21-15-13-19-53(50)55)81(120)102(8)67(29-32-124-9)84(123)101(64)7/h12-15,18-21,25-28,39-40,45-47,56-67,88-89,105-106H,10-11,16-17,22-24,29-38,41-44,85H2,1-9H3,(H2,86,107)(H2,87,108)(H,90,112)(H,91,116)(H,92,109)(H,93,117)(H,94,111)(H,95,114)(H,96,115)(H,97,118)(H,98,113)(H,99,110)/t46-,47-,56-,57-,58-,59-,60-,61-,62-,63?,64-,65?,66-,67-/m0/s1. The van der Waals surface area contributed by atoms with Crippen LogP contribution in [-0.2, 0) is 101 Å². The molecule has 0 bridgehead atoms. The van der Waals surface area contributed by atoms with E-state index in [0.717, 1.165) is 31.4 Å². The number of aliphatic hydroxyl groups excluding tert-OH is 1. The first-order valence-electron chi connectivity index (χ1n) is 41.7. The topological polar surface area (TPSA) is 577 Å². The number of carbonyl (C=O) groups is 17. The maximum Gasteiger partial charge on any atom is 0.246 e. The number of carbonyl (C=O) groups excluding carboxylic acids is 17. The van der Waals surface area contributed by atoms with E-state index in [-0.39, 0.29) is 94.7 Å². The minimum Gasteiger partial charge on any atom is -0.508 e. The van der Waals surface area contributed by atoms with Crippen molar-refractivity contribution >= 4 is 146 Å². The molecule has 17 amide bonds. The van der Waals surface area contributed by atoms with Crippen LogP contribution in [0.3, 0.4) is 0 Å². The number of aromatic amines is 2. The number of H-pyrrole nitrogens is 2. The Morgan fingerprint density at radius 3 is 1.62 bits per heavy atom. The molecule has 3 aliphatic heterocycles. The van der Waals surface area contributed by atoms with Crippen molar-refractivity contribution in [1.29, 1.82) is 0 Å². The van der Waals surface area contributed by atoms with Gasteiger partial charge in [0.2, 0.25) is 100 Å². The average Bonchev–Trinajstić information content (AvgIpc) is 1.75. The van der Waals surface area contributed by atoms with Gasteiger partial charge in [0.1, 0.15) is 90.3 Å². The smallest absolute Gasteiger partial charge is 0.246 e. The van der Waals surface area contributed by atoms with Gasteiger partial charge in [0, 0.05) is 100.0 Å². The number of unbranched alkanes of at least 4 members (excludes halogenated alkanes) is 1. The molecule has 680 valence electrons. The van der Waals surface area contributed by atoms with Crippen LogP contribution in [0.1, 0.15) is 116 Å². The minimum atomic E-state index is -1.83. The fraction of sp³-hybridized carbons (Fsp3) is 0.536. The Labute approximate surface area is 732 Å². The summed E-state index contributed by atoms with van der Waals surface area (Å²) < 4.78 is 0. The lowest BCUT2D eigenvalue weighted by Crippen LogP contribution is -2.62. The summed E-state index contributed by atoms with van der Waals surface area (Å²) in [7, 11) is 3.94. The molecule has 20 N–H and O–H groups in total. The second-order valence-electron chi connectivity index (χ2n) is 32.1. The number of phenolic OH excluding ortho intramolecular Hbond substituents is 1. The van der Waals surface area contributed by atoms with Crippen molar-refractivity contribution in [3.8, 4) is 5.75 Å². The average molecular weight is 1780 g/mol.